The number of ether oxygens (including phenoxy) is 8. The molecule has 17 heteroatoms. The Morgan fingerprint density at radius 2 is 1.58 bits per heavy atom. The van der Waals surface area contributed by atoms with Crippen LogP contribution in [0.3, 0.4) is 0 Å². The molecule has 0 unspecified atom stereocenters. The number of nitrogens with zero attached hydrogens (tertiary/aromatic N) is 3. The second-order valence-electron chi connectivity index (χ2n) is 17.0. The average molecular weight is 914 g/mol. The Kier molecular flexibility index (Phi) is 15.9. The van der Waals surface area contributed by atoms with E-state index in [1.807, 2.05) is 105 Å². The third kappa shape index (κ3) is 12.2. The van der Waals surface area contributed by atoms with Crippen molar-refractivity contribution in [3.05, 3.63) is 113 Å². The Labute approximate surface area is 359 Å². The number of benzene rings is 3. The van der Waals surface area contributed by atoms with E-state index >= 15 is 0 Å². The van der Waals surface area contributed by atoms with Crippen LogP contribution in [0.25, 0.3) is 10.4 Å². The molecule has 0 saturated carbocycles. The third-order valence-electron chi connectivity index (χ3n) is 11.1. The minimum absolute atomic E-state index is 0.0150. The van der Waals surface area contributed by atoms with Crippen LogP contribution in [0.2, 0.25) is 23.5 Å². The molecule has 326 valence electrons. The summed E-state index contributed by atoms with van der Waals surface area (Å²) in [5.74, 6) is -0.965. The zero-order chi connectivity index (χ0) is 42.9. The molecule has 3 fully saturated rings. The predicted octanol–water partition coefficient (Wildman–Crippen LogP) is 6.34. The van der Waals surface area contributed by atoms with Crippen LogP contribution in [0.5, 0.6) is 0 Å². The van der Waals surface area contributed by atoms with Gasteiger partial charge in [0.1, 0.15) is 0 Å². The number of aliphatic hydroxyl groups excluding tert-OH is 1. The molecule has 10 atom stereocenters. The summed E-state index contributed by atoms with van der Waals surface area (Å²) in [6, 6.07) is 26.5. The fourth-order valence-corrected chi connectivity index (χ4v) is 10.2. The van der Waals surface area contributed by atoms with Crippen LogP contribution >= 0.6 is 0 Å². The zero-order valence-electron chi connectivity index (χ0n) is 35.2. The van der Waals surface area contributed by atoms with Crippen LogP contribution in [0.1, 0.15) is 45.7 Å². The van der Waals surface area contributed by atoms with Gasteiger partial charge in [-0.3, -0.25) is 0 Å². The van der Waals surface area contributed by atoms with Gasteiger partial charge in [-0.2, -0.15) is 0 Å². The van der Waals surface area contributed by atoms with Crippen molar-refractivity contribution in [2.24, 2.45) is 5.11 Å². The second kappa shape index (κ2) is 20.7. The minimum atomic E-state index is -2.54. The van der Waals surface area contributed by atoms with Crippen LogP contribution < -0.4 is 9.78 Å². The molecule has 3 aromatic carbocycles. The number of carbonyl (C=O) groups excluding carboxylic acids is 1. The number of nitrogens with one attached hydrogen (secondary N) is 1. The summed E-state index contributed by atoms with van der Waals surface area (Å²) in [5, 5.41) is 19.3. The molecule has 15 nitrogen and oxygen atoms in total. The van der Waals surface area contributed by atoms with Gasteiger partial charge in [0.25, 0.3) is 0 Å². The molecule has 3 aliphatic heterocycles. The average Bonchev–Trinajstić information content (AvgIpc) is 3.22. The molecule has 0 aliphatic carbocycles. The summed E-state index contributed by atoms with van der Waals surface area (Å²) >= 11 is -0.130. The summed E-state index contributed by atoms with van der Waals surface area (Å²) in [6.45, 7) is 14.4. The second-order valence-corrected chi connectivity index (χ2v) is 24.0. The molecule has 60 heavy (non-hydrogen) atoms. The molecule has 0 spiro atoms. The topological polar surface area (TPSA) is 181 Å². The molecular formula is C43H58N4O11SeSi. The number of aliphatic hydroxyl groups is 1. The van der Waals surface area contributed by atoms with Crippen molar-refractivity contribution in [1.82, 2.24) is 5.32 Å². The number of carbonyl (C=O) groups is 1. The molecule has 0 bridgehead atoms. The number of fused-ring (bicyclic) bond motifs is 1. The first-order valence-corrected chi connectivity index (χ1v) is 25.2. The van der Waals surface area contributed by atoms with E-state index in [1.54, 1.807) is 0 Å². The van der Waals surface area contributed by atoms with E-state index in [2.05, 4.69) is 49.2 Å². The molecule has 0 radical (unpaired) electrons. The van der Waals surface area contributed by atoms with Crippen LogP contribution in [-0.2, 0) is 55.5 Å². The normalized spacial score (nSPS) is 29.1. The van der Waals surface area contributed by atoms with E-state index in [4.69, 9.17) is 42.3 Å². The standard InChI is InChI=1S/C43H58N4O11SeSi/c1-42(2,3)60(6,7)58-38-34(46-47-44)40(54-31-25-53-43(4,5)57-36(31)38)56-39-33(45-41(49)51-24-29-19-13-9-14-20-29)37(52-27-50-23-28-17-11-8-12-18-28)35(48)32(55-39)26-59-30-21-15-10-16-22-30/h8-22,31-40,48H,23-27H2,1-7H3,(H,45,49)/t31-,32-,33-,34-,35+,36-,37-,38-,39+,40-/m1/s1. The first-order valence-electron chi connectivity index (χ1n) is 20.2. The number of hydrogen-bond acceptors (Lipinski definition) is 12. The Morgan fingerprint density at radius 1 is 0.950 bits per heavy atom. The zero-order valence-corrected chi connectivity index (χ0v) is 38.0. The van der Waals surface area contributed by atoms with Crippen LogP contribution in [0.4, 0.5) is 4.79 Å². The summed E-state index contributed by atoms with van der Waals surface area (Å²) in [6.07, 6.45) is -8.72. The Bertz CT molecular complexity index is 1860. The van der Waals surface area contributed by atoms with Gasteiger partial charge in [0.15, 0.2) is 0 Å². The van der Waals surface area contributed by atoms with Crippen molar-refractivity contribution < 1.29 is 52.2 Å². The number of hydrogen-bond donors (Lipinski definition) is 2. The van der Waals surface area contributed by atoms with Gasteiger partial charge in [-0.25, -0.2) is 0 Å². The van der Waals surface area contributed by atoms with Crippen LogP contribution in [0, 0.1) is 0 Å². The van der Waals surface area contributed by atoms with Crippen molar-refractivity contribution in [2.45, 2.75) is 138 Å². The summed E-state index contributed by atoms with van der Waals surface area (Å²) in [4.78, 5) is 16.9. The summed E-state index contributed by atoms with van der Waals surface area (Å²) in [7, 11) is -2.54. The number of rotatable bonds is 16. The molecule has 3 saturated heterocycles. The summed E-state index contributed by atoms with van der Waals surface area (Å²) in [5.41, 5.74) is 11.7. The van der Waals surface area contributed by atoms with E-state index in [0.29, 0.717) is 5.32 Å². The fraction of sp³-hybridized carbons (Fsp3) is 0.558. The van der Waals surface area contributed by atoms with Gasteiger partial charge < -0.3 is 0 Å². The molecule has 3 aromatic rings. The maximum atomic E-state index is 13.6. The van der Waals surface area contributed by atoms with E-state index in [-0.39, 0.29) is 46.6 Å². The molecule has 2 N–H and O–H groups in total. The quantitative estimate of drug-likeness (QED) is 0.0409. The number of azide groups is 1. The van der Waals surface area contributed by atoms with Crippen molar-refractivity contribution in [2.75, 3.05) is 13.4 Å². The Morgan fingerprint density at radius 3 is 2.22 bits per heavy atom. The molecule has 3 heterocycles. The fourth-order valence-electron chi connectivity index (χ4n) is 6.87. The van der Waals surface area contributed by atoms with Gasteiger partial charge in [0.2, 0.25) is 0 Å². The molecule has 3 aliphatic rings. The maximum absolute atomic E-state index is 13.6. The van der Waals surface area contributed by atoms with Crippen LogP contribution in [-0.4, -0.2) is 115 Å². The first kappa shape index (κ1) is 46.1. The van der Waals surface area contributed by atoms with Gasteiger partial charge >= 0.3 is 355 Å². The van der Waals surface area contributed by atoms with Crippen LogP contribution in [0.15, 0.2) is 96.1 Å². The first-order chi connectivity index (χ1) is 28.6. The van der Waals surface area contributed by atoms with E-state index in [9.17, 15) is 15.4 Å². The van der Waals surface area contributed by atoms with Crippen molar-refractivity contribution in [1.29, 1.82) is 0 Å². The molecule has 1 amide bonds. The van der Waals surface area contributed by atoms with Gasteiger partial charge in [-0.1, -0.05) is 6.07 Å². The SMILES string of the molecule is CC1(C)OC[C@H]2O[C@H](O[C@@H]3O[C@H](C[Se]c4ccccc4)[C@H](O)[C@H](OCOCc4ccccc4)[C@H]3NC(=O)OCc3ccccc3)[C@H](N=[N+]=[N-])[C@@H](O[Si](C)(C)C(C)(C)C)[C@@H]2O1. The monoisotopic (exact) mass is 914 g/mol. The molecular weight excluding hydrogens is 856 g/mol. The van der Waals surface area contributed by atoms with Crippen molar-refractivity contribution in [3.63, 3.8) is 0 Å². The molecule has 6 rings (SSSR count). The Balaban J connectivity index is 1.32. The Hall–Kier alpha value is -3.38. The summed E-state index contributed by atoms with van der Waals surface area (Å²) < 4.78 is 58.5. The predicted molar refractivity (Wildman–Crippen MR) is 225 cm³/mol. The van der Waals surface area contributed by atoms with Gasteiger partial charge in [0, 0.05) is 0 Å². The number of amides is 1. The third-order valence-corrected chi connectivity index (χ3v) is 17.9. The van der Waals surface area contributed by atoms with E-state index < -0.39 is 81.5 Å². The van der Waals surface area contributed by atoms with Gasteiger partial charge in [-0.05, 0) is 0 Å². The van der Waals surface area contributed by atoms with E-state index in [1.165, 1.54) is 0 Å². The van der Waals surface area contributed by atoms with E-state index in [0.717, 1.165) is 15.6 Å². The van der Waals surface area contributed by atoms with Gasteiger partial charge in [0.05, 0.1) is 0 Å². The molecule has 0 aromatic heterocycles. The van der Waals surface area contributed by atoms with Crippen molar-refractivity contribution >= 4 is 33.8 Å². The number of alkyl carbamates (subject to hydrolysis) is 1. The van der Waals surface area contributed by atoms with Gasteiger partial charge in [-0.15, -0.1) is 0 Å². The van der Waals surface area contributed by atoms with Crippen molar-refractivity contribution in [3.8, 4) is 0 Å².